The van der Waals surface area contributed by atoms with E-state index in [0.29, 0.717) is 19.0 Å². The van der Waals surface area contributed by atoms with Gasteiger partial charge in [-0.15, -0.1) is 12.4 Å². The van der Waals surface area contributed by atoms with Crippen LogP contribution in [-0.4, -0.2) is 72.7 Å². The Kier molecular flexibility index (Phi) is 6.92. The van der Waals surface area contributed by atoms with Gasteiger partial charge in [-0.25, -0.2) is 0 Å². The van der Waals surface area contributed by atoms with E-state index in [1.165, 1.54) is 12.8 Å². The average Bonchev–Trinajstić information content (AvgIpc) is 3.19. The molecule has 0 aromatic rings. The summed E-state index contributed by atoms with van der Waals surface area (Å²) in [4.78, 5) is 16.2. The van der Waals surface area contributed by atoms with Crippen molar-refractivity contribution in [2.24, 2.45) is 0 Å². The van der Waals surface area contributed by atoms with Gasteiger partial charge in [0, 0.05) is 51.7 Å². The first-order chi connectivity index (χ1) is 8.31. The lowest BCUT2D eigenvalue weighted by Crippen LogP contribution is -2.47. The van der Waals surface area contributed by atoms with Gasteiger partial charge < -0.3 is 15.3 Å². The van der Waals surface area contributed by atoms with Crippen molar-refractivity contribution in [2.75, 3.05) is 45.9 Å². The number of nitrogens with zero attached hydrogens (tertiary/aromatic N) is 2. The summed E-state index contributed by atoms with van der Waals surface area (Å²) in [6, 6.07) is 0.623. The Hall–Kier alpha value is -0.360. The quantitative estimate of drug-likeness (QED) is 0.699. The van der Waals surface area contributed by atoms with Crippen LogP contribution in [0.4, 0.5) is 0 Å². The molecule has 6 heteroatoms. The molecule has 2 N–H and O–H groups in total. The second kappa shape index (κ2) is 7.94. The summed E-state index contributed by atoms with van der Waals surface area (Å²) in [5.41, 5.74) is 0. The third kappa shape index (κ3) is 4.72. The van der Waals surface area contributed by atoms with Gasteiger partial charge in [-0.05, 0) is 12.8 Å². The Morgan fingerprint density at radius 2 is 1.94 bits per heavy atom. The van der Waals surface area contributed by atoms with E-state index in [2.05, 4.69) is 10.2 Å². The van der Waals surface area contributed by atoms with Crippen LogP contribution in [0.2, 0.25) is 0 Å². The third-order valence-electron chi connectivity index (χ3n) is 3.53. The van der Waals surface area contributed by atoms with Gasteiger partial charge in [0.05, 0.1) is 6.61 Å². The summed E-state index contributed by atoms with van der Waals surface area (Å²) >= 11 is 0. The number of amides is 1. The van der Waals surface area contributed by atoms with Crippen LogP contribution in [0.15, 0.2) is 0 Å². The fraction of sp³-hybridized carbons (Fsp3) is 0.917. The highest BCUT2D eigenvalue weighted by Crippen LogP contribution is 2.26. The van der Waals surface area contributed by atoms with Gasteiger partial charge in [0.1, 0.15) is 0 Å². The highest BCUT2D eigenvalue weighted by atomic mass is 35.5. The lowest BCUT2D eigenvalue weighted by atomic mass is 10.3. The van der Waals surface area contributed by atoms with Crippen molar-refractivity contribution in [2.45, 2.75) is 25.3 Å². The predicted molar refractivity (Wildman–Crippen MR) is 73.0 cm³/mol. The van der Waals surface area contributed by atoms with E-state index < -0.39 is 0 Å². The Morgan fingerprint density at radius 3 is 2.50 bits per heavy atom. The van der Waals surface area contributed by atoms with Crippen molar-refractivity contribution in [1.29, 1.82) is 0 Å². The van der Waals surface area contributed by atoms with Gasteiger partial charge in [-0.3, -0.25) is 9.69 Å². The van der Waals surface area contributed by atoms with Gasteiger partial charge in [0.2, 0.25) is 5.91 Å². The summed E-state index contributed by atoms with van der Waals surface area (Å²) in [6.45, 7) is 5.19. The topological polar surface area (TPSA) is 55.8 Å². The van der Waals surface area contributed by atoms with E-state index in [9.17, 15) is 4.79 Å². The van der Waals surface area contributed by atoms with Gasteiger partial charge in [-0.2, -0.15) is 0 Å². The van der Waals surface area contributed by atoms with Gasteiger partial charge in [-0.1, -0.05) is 0 Å². The molecule has 2 aliphatic rings. The maximum Gasteiger partial charge on any atom is 0.223 e. The fourth-order valence-electron chi connectivity index (χ4n) is 2.36. The summed E-state index contributed by atoms with van der Waals surface area (Å²) in [7, 11) is 0. The molecule has 106 valence electrons. The molecule has 0 bridgehead atoms. The predicted octanol–water partition coefficient (Wildman–Crippen LogP) is -0.313. The molecule has 0 radical (unpaired) electrons. The Bertz CT molecular complexity index is 256. The molecule has 18 heavy (non-hydrogen) atoms. The summed E-state index contributed by atoms with van der Waals surface area (Å²) in [5, 5.41) is 12.2. The number of piperazine rings is 1. The SMILES string of the molecule is Cl.O=C(CCN(CCO)C1CC1)N1CCNCC1. The second-order valence-electron chi connectivity index (χ2n) is 4.87. The Morgan fingerprint density at radius 1 is 1.28 bits per heavy atom. The Labute approximate surface area is 115 Å². The van der Waals surface area contributed by atoms with Crippen LogP contribution in [0.25, 0.3) is 0 Å². The Balaban J connectivity index is 0.00000162. The van der Waals surface area contributed by atoms with Gasteiger partial charge in [0.15, 0.2) is 0 Å². The molecule has 1 heterocycles. The molecule has 0 spiro atoms. The van der Waals surface area contributed by atoms with Gasteiger partial charge in [0.25, 0.3) is 0 Å². The van der Waals surface area contributed by atoms with Crippen molar-refractivity contribution >= 4 is 18.3 Å². The monoisotopic (exact) mass is 277 g/mol. The van der Waals surface area contributed by atoms with E-state index >= 15 is 0 Å². The molecule has 1 aliphatic carbocycles. The zero-order valence-electron chi connectivity index (χ0n) is 10.8. The van der Waals surface area contributed by atoms with Crippen molar-refractivity contribution < 1.29 is 9.90 Å². The van der Waals surface area contributed by atoms with E-state index in [4.69, 9.17) is 5.11 Å². The van der Waals surface area contributed by atoms with Crippen molar-refractivity contribution in [3.8, 4) is 0 Å². The molecule has 0 aromatic carbocycles. The minimum atomic E-state index is 0. The van der Waals surface area contributed by atoms with Crippen LogP contribution in [0.5, 0.6) is 0 Å². The first kappa shape index (κ1) is 15.7. The number of hydrogen-bond acceptors (Lipinski definition) is 4. The number of aliphatic hydroxyl groups is 1. The summed E-state index contributed by atoms with van der Waals surface area (Å²) < 4.78 is 0. The molecule has 0 unspecified atom stereocenters. The molecule has 1 saturated carbocycles. The molecule has 0 atom stereocenters. The van der Waals surface area contributed by atoms with Gasteiger partial charge >= 0.3 is 0 Å². The fourth-order valence-corrected chi connectivity index (χ4v) is 2.36. The largest absolute Gasteiger partial charge is 0.395 e. The molecule has 1 amide bonds. The summed E-state index contributed by atoms with van der Waals surface area (Å²) in [5.74, 6) is 0.259. The molecular weight excluding hydrogens is 254 g/mol. The van der Waals surface area contributed by atoms with Crippen LogP contribution >= 0.6 is 12.4 Å². The van der Waals surface area contributed by atoms with E-state index in [-0.39, 0.29) is 24.9 Å². The molecule has 1 saturated heterocycles. The molecule has 5 nitrogen and oxygen atoms in total. The minimum absolute atomic E-state index is 0. The highest BCUT2D eigenvalue weighted by molar-refractivity contribution is 5.85. The molecular formula is C12H24ClN3O2. The molecule has 2 rings (SSSR count). The number of carbonyl (C=O) groups excluding carboxylic acids is 1. The lowest BCUT2D eigenvalue weighted by Gasteiger charge is -2.28. The van der Waals surface area contributed by atoms with Crippen LogP contribution in [-0.2, 0) is 4.79 Å². The smallest absolute Gasteiger partial charge is 0.223 e. The van der Waals surface area contributed by atoms with Crippen LogP contribution in [0.1, 0.15) is 19.3 Å². The van der Waals surface area contributed by atoms with Crippen molar-refractivity contribution in [3.05, 3.63) is 0 Å². The number of halogens is 1. The lowest BCUT2D eigenvalue weighted by molar-refractivity contribution is -0.132. The zero-order valence-corrected chi connectivity index (χ0v) is 11.6. The van der Waals surface area contributed by atoms with Crippen LogP contribution in [0.3, 0.4) is 0 Å². The zero-order chi connectivity index (χ0) is 12.1. The van der Waals surface area contributed by atoms with Crippen molar-refractivity contribution in [3.63, 3.8) is 0 Å². The summed E-state index contributed by atoms with van der Waals surface area (Å²) in [6.07, 6.45) is 3.04. The van der Waals surface area contributed by atoms with E-state index in [1.807, 2.05) is 4.90 Å². The molecule has 2 fully saturated rings. The molecule has 0 aromatic heterocycles. The first-order valence-corrected chi connectivity index (χ1v) is 6.64. The van der Waals surface area contributed by atoms with E-state index in [1.54, 1.807) is 0 Å². The third-order valence-corrected chi connectivity index (χ3v) is 3.53. The maximum absolute atomic E-state index is 12.0. The van der Waals surface area contributed by atoms with E-state index in [0.717, 1.165) is 32.7 Å². The van der Waals surface area contributed by atoms with Crippen LogP contribution < -0.4 is 5.32 Å². The first-order valence-electron chi connectivity index (χ1n) is 6.64. The number of aliphatic hydroxyl groups excluding tert-OH is 1. The normalized spacial score (nSPS) is 19.8. The minimum Gasteiger partial charge on any atom is -0.395 e. The number of rotatable bonds is 6. The highest BCUT2D eigenvalue weighted by Gasteiger charge is 2.29. The maximum atomic E-state index is 12.0. The average molecular weight is 278 g/mol. The number of carbonyl (C=O) groups is 1. The number of hydrogen-bond donors (Lipinski definition) is 2. The molecule has 1 aliphatic heterocycles. The van der Waals surface area contributed by atoms with Crippen molar-refractivity contribution in [1.82, 2.24) is 15.1 Å². The van der Waals surface area contributed by atoms with Crippen LogP contribution in [0, 0.1) is 0 Å². The standard InChI is InChI=1S/C12H23N3O2.ClH/c16-10-9-14(11-1-2-11)6-3-12(17)15-7-4-13-5-8-15;/h11,13,16H,1-10H2;1H. The number of nitrogens with one attached hydrogen (secondary N) is 1. The second-order valence-corrected chi connectivity index (χ2v) is 4.87.